The van der Waals surface area contributed by atoms with Gasteiger partial charge in [-0.3, -0.25) is 4.79 Å². The molecule has 2 heterocycles. The van der Waals surface area contributed by atoms with Crippen molar-refractivity contribution in [1.82, 2.24) is 15.3 Å². The van der Waals surface area contributed by atoms with Crippen LogP contribution in [0.5, 0.6) is 0 Å². The molecule has 1 fully saturated rings. The number of amides is 3. The fourth-order valence-electron chi connectivity index (χ4n) is 2.01. The van der Waals surface area contributed by atoms with Gasteiger partial charge in [-0.15, -0.1) is 5.01 Å². The number of H-pyrrole nitrogens is 1. The zero-order valence-electron chi connectivity index (χ0n) is 11.6. The summed E-state index contributed by atoms with van der Waals surface area (Å²) in [5, 5.41) is 7.55. The van der Waals surface area contributed by atoms with Crippen LogP contribution in [0.15, 0.2) is 11.2 Å². The molecule has 2 N–H and O–H groups in total. The van der Waals surface area contributed by atoms with E-state index in [1.165, 1.54) is 6.21 Å². The number of rotatable bonds is 3. The van der Waals surface area contributed by atoms with E-state index < -0.39 is 11.6 Å². The van der Waals surface area contributed by atoms with E-state index in [1.54, 1.807) is 6.92 Å². The lowest BCUT2D eigenvalue weighted by atomic mass is 10.00. The molecule has 6 heteroatoms. The lowest BCUT2D eigenvalue weighted by Gasteiger charge is -2.17. The maximum atomic E-state index is 12.1. The maximum Gasteiger partial charge on any atom is 0.346 e. The van der Waals surface area contributed by atoms with Crippen molar-refractivity contribution in [2.75, 3.05) is 0 Å². The van der Waals surface area contributed by atoms with Crippen molar-refractivity contribution >= 4 is 18.2 Å². The van der Waals surface area contributed by atoms with Crippen molar-refractivity contribution in [1.29, 1.82) is 0 Å². The predicted octanol–water partition coefficient (Wildman–Crippen LogP) is 1.69. The van der Waals surface area contributed by atoms with Gasteiger partial charge in [0.15, 0.2) is 0 Å². The number of hydrazone groups is 1. The highest BCUT2D eigenvalue weighted by molar-refractivity contribution is 6.07. The van der Waals surface area contributed by atoms with Gasteiger partial charge in [0.25, 0.3) is 5.91 Å². The van der Waals surface area contributed by atoms with Crippen molar-refractivity contribution in [2.24, 2.45) is 5.10 Å². The standard InChI is InChI=1S/C13H18N4O2/c1-5-13(4)11(18)17(12(19)16-13)14-7-10-6-8(2)15-9(10)3/h6-7,15H,5H2,1-4H3,(H,16,19). The molecule has 1 aliphatic heterocycles. The minimum absolute atomic E-state index is 0.318. The summed E-state index contributed by atoms with van der Waals surface area (Å²) in [4.78, 5) is 27.0. The number of carbonyl (C=O) groups is 2. The number of hydrogen-bond donors (Lipinski definition) is 2. The van der Waals surface area contributed by atoms with E-state index in [0.29, 0.717) is 6.42 Å². The van der Waals surface area contributed by atoms with Crippen molar-refractivity contribution in [3.05, 3.63) is 23.0 Å². The number of aromatic nitrogens is 1. The van der Waals surface area contributed by atoms with Crippen molar-refractivity contribution in [3.8, 4) is 0 Å². The molecule has 1 aromatic heterocycles. The number of imide groups is 1. The first-order chi connectivity index (χ1) is 8.87. The summed E-state index contributed by atoms with van der Waals surface area (Å²) in [7, 11) is 0. The number of nitrogens with one attached hydrogen (secondary N) is 2. The van der Waals surface area contributed by atoms with Gasteiger partial charge in [0, 0.05) is 17.0 Å². The molecule has 1 aliphatic rings. The Morgan fingerprint density at radius 3 is 2.58 bits per heavy atom. The molecule has 6 nitrogen and oxygen atoms in total. The molecular weight excluding hydrogens is 244 g/mol. The van der Waals surface area contributed by atoms with Crippen LogP contribution in [0.3, 0.4) is 0 Å². The van der Waals surface area contributed by atoms with Crippen molar-refractivity contribution in [2.45, 2.75) is 39.7 Å². The SMILES string of the molecule is CCC1(C)NC(=O)N(N=Cc2cc(C)[nH]c2C)C1=O. The zero-order chi connectivity index (χ0) is 14.2. The van der Waals surface area contributed by atoms with Crippen molar-refractivity contribution in [3.63, 3.8) is 0 Å². The Morgan fingerprint density at radius 1 is 1.42 bits per heavy atom. The van der Waals surface area contributed by atoms with E-state index >= 15 is 0 Å². The van der Waals surface area contributed by atoms with Gasteiger partial charge in [0.05, 0.1) is 6.21 Å². The fraction of sp³-hybridized carbons (Fsp3) is 0.462. The molecule has 0 saturated carbocycles. The Hall–Kier alpha value is -2.11. The second-order valence-corrected chi connectivity index (χ2v) is 5.01. The smallest absolute Gasteiger partial charge is 0.346 e. The molecule has 3 amide bonds. The number of aromatic amines is 1. The Kier molecular flexibility index (Phi) is 3.18. The fourth-order valence-corrected chi connectivity index (χ4v) is 2.01. The number of urea groups is 1. The molecule has 0 aliphatic carbocycles. The van der Waals surface area contributed by atoms with Crippen LogP contribution in [0.1, 0.15) is 37.2 Å². The average Bonchev–Trinajstić information content (AvgIpc) is 2.77. The van der Waals surface area contributed by atoms with Gasteiger partial charge in [-0.25, -0.2) is 4.79 Å². The summed E-state index contributed by atoms with van der Waals surface area (Å²) in [6.45, 7) is 7.40. The average molecular weight is 262 g/mol. The summed E-state index contributed by atoms with van der Waals surface area (Å²) in [5.74, 6) is -0.318. The highest BCUT2D eigenvalue weighted by Crippen LogP contribution is 2.21. The highest BCUT2D eigenvalue weighted by Gasteiger charge is 2.46. The monoisotopic (exact) mass is 262 g/mol. The Labute approximate surface area is 111 Å². The Bertz CT molecular complexity index is 561. The summed E-state index contributed by atoms with van der Waals surface area (Å²) in [6, 6.07) is 1.44. The van der Waals surface area contributed by atoms with Gasteiger partial charge in [-0.2, -0.15) is 5.10 Å². The molecule has 0 aromatic carbocycles. The molecule has 0 radical (unpaired) electrons. The van der Waals surface area contributed by atoms with E-state index in [9.17, 15) is 9.59 Å². The molecule has 102 valence electrons. The third-order valence-corrected chi connectivity index (χ3v) is 3.45. The van der Waals surface area contributed by atoms with Crippen LogP contribution in [0.25, 0.3) is 0 Å². The number of carbonyl (C=O) groups excluding carboxylic acids is 2. The highest BCUT2D eigenvalue weighted by atomic mass is 16.2. The number of hydrogen-bond acceptors (Lipinski definition) is 3. The third-order valence-electron chi connectivity index (χ3n) is 3.45. The van der Waals surface area contributed by atoms with Gasteiger partial charge in [0.1, 0.15) is 5.54 Å². The van der Waals surface area contributed by atoms with E-state index in [-0.39, 0.29) is 5.91 Å². The molecule has 19 heavy (non-hydrogen) atoms. The van der Waals surface area contributed by atoms with E-state index in [4.69, 9.17) is 0 Å². The molecule has 1 unspecified atom stereocenters. The first-order valence-electron chi connectivity index (χ1n) is 6.24. The van der Waals surface area contributed by atoms with Crippen LogP contribution in [-0.2, 0) is 4.79 Å². The van der Waals surface area contributed by atoms with Gasteiger partial charge in [0.2, 0.25) is 0 Å². The van der Waals surface area contributed by atoms with Gasteiger partial charge in [-0.1, -0.05) is 6.92 Å². The lowest BCUT2D eigenvalue weighted by Crippen LogP contribution is -2.42. The van der Waals surface area contributed by atoms with Crippen LogP contribution >= 0.6 is 0 Å². The molecule has 2 rings (SSSR count). The molecule has 1 aromatic rings. The van der Waals surface area contributed by atoms with Crippen LogP contribution in [0, 0.1) is 13.8 Å². The van der Waals surface area contributed by atoms with Crippen LogP contribution in [0.2, 0.25) is 0 Å². The molecular formula is C13H18N4O2. The van der Waals surface area contributed by atoms with Crippen molar-refractivity contribution < 1.29 is 9.59 Å². The largest absolute Gasteiger partial charge is 0.362 e. The van der Waals surface area contributed by atoms with Crippen LogP contribution in [0.4, 0.5) is 4.79 Å². The minimum atomic E-state index is -0.850. The lowest BCUT2D eigenvalue weighted by molar-refractivity contribution is -0.130. The number of nitrogens with zero attached hydrogens (tertiary/aromatic N) is 2. The van der Waals surface area contributed by atoms with Crippen LogP contribution < -0.4 is 5.32 Å². The first-order valence-corrected chi connectivity index (χ1v) is 6.24. The van der Waals surface area contributed by atoms with Gasteiger partial charge >= 0.3 is 6.03 Å². The normalized spacial score (nSPS) is 23.5. The number of aryl methyl sites for hydroxylation is 2. The predicted molar refractivity (Wildman–Crippen MR) is 71.9 cm³/mol. The molecule has 1 atom stereocenters. The second kappa shape index (κ2) is 4.53. The quantitative estimate of drug-likeness (QED) is 0.642. The summed E-state index contributed by atoms with van der Waals surface area (Å²) >= 11 is 0. The summed E-state index contributed by atoms with van der Waals surface area (Å²) in [5.41, 5.74) is 1.97. The maximum absolute atomic E-state index is 12.1. The summed E-state index contributed by atoms with van der Waals surface area (Å²) < 4.78 is 0. The van der Waals surface area contributed by atoms with Crippen LogP contribution in [-0.4, -0.2) is 33.7 Å². The Balaban J connectivity index is 2.22. The van der Waals surface area contributed by atoms with E-state index in [1.807, 2.05) is 26.8 Å². The van der Waals surface area contributed by atoms with Gasteiger partial charge in [-0.05, 0) is 33.3 Å². The topological polar surface area (TPSA) is 77.6 Å². The first kappa shape index (κ1) is 13.3. The molecule has 0 spiro atoms. The third kappa shape index (κ3) is 2.25. The van der Waals surface area contributed by atoms with E-state index in [0.717, 1.165) is 22.0 Å². The molecule has 0 bridgehead atoms. The van der Waals surface area contributed by atoms with Gasteiger partial charge < -0.3 is 10.3 Å². The summed E-state index contributed by atoms with van der Waals surface area (Å²) in [6.07, 6.45) is 2.06. The minimum Gasteiger partial charge on any atom is -0.362 e. The second-order valence-electron chi connectivity index (χ2n) is 5.01. The Morgan fingerprint density at radius 2 is 2.11 bits per heavy atom. The zero-order valence-corrected chi connectivity index (χ0v) is 11.6. The molecule has 1 saturated heterocycles. The van der Waals surface area contributed by atoms with E-state index in [2.05, 4.69) is 15.4 Å².